The number of nitrogens with zero attached hydrogens (tertiary/aromatic N) is 1. The highest BCUT2D eigenvalue weighted by molar-refractivity contribution is 6.25. The third-order valence-electron chi connectivity index (χ3n) is 6.29. The number of fused-ring (bicyclic) bond motifs is 4. The molecule has 0 saturated carbocycles. The monoisotopic (exact) mass is 375 g/mol. The molecule has 3 aliphatic heterocycles. The molecule has 1 spiro atoms. The summed E-state index contributed by atoms with van der Waals surface area (Å²) in [6.07, 6.45) is 0. The van der Waals surface area contributed by atoms with Gasteiger partial charge in [0.1, 0.15) is 5.54 Å². The molecule has 5 rings (SSSR count). The highest BCUT2D eigenvalue weighted by Crippen LogP contribution is 2.54. The topological polar surface area (TPSA) is 78.5 Å². The Labute approximate surface area is 162 Å². The summed E-state index contributed by atoms with van der Waals surface area (Å²) in [5.74, 6) is -2.08. The zero-order chi connectivity index (χ0) is 19.6. The van der Waals surface area contributed by atoms with E-state index in [1.54, 1.807) is 24.3 Å². The average Bonchev–Trinajstić information content (AvgIpc) is 3.28. The second kappa shape index (κ2) is 5.75. The second-order valence-corrected chi connectivity index (χ2v) is 8.07. The average molecular weight is 375 g/mol. The minimum absolute atomic E-state index is 0.0833. The molecule has 4 atom stereocenters. The van der Waals surface area contributed by atoms with Gasteiger partial charge in [0.25, 0.3) is 0 Å². The summed E-state index contributed by atoms with van der Waals surface area (Å²) in [4.78, 5) is 41.4. The predicted molar refractivity (Wildman–Crippen MR) is 104 cm³/mol. The number of para-hydroxylation sites is 2. The molecule has 0 bridgehead atoms. The molecule has 28 heavy (non-hydrogen) atoms. The normalized spacial score (nSPS) is 30.9. The first-order valence-electron chi connectivity index (χ1n) is 9.58. The van der Waals surface area contributed by atoms with E-state index < -0.39 is 17.4 Å². The van der Waals surface area contributed by atoms with Crippen LogP contribution in [0, 0.1) is 17.8 Å². The molecule has 2 fully saturated rings. The van der Waals surface area contributed by atoms with Gasteiger partial charge in [0, 0.05) is 17.3 Å². The van der Waals surface area contributed by atoms with Crippen LogP contribution in [0.4, 0.5) is 11.4 Å². The van der Waals surface area contributed by atoms with Crippen LogP contribution in [-0.2, 0) is 19.9 Å². The molecule has 2 N–H and O–H groups in total. The lowest BCUT2D eigenvalue weighted by Crippen LogP contribution is -2.54. The largest absolute Gasteiger partial charge is 0.324 e. The van der Waals surface area contributed by atoms with Crippen LogP contribution in [0.3, 0.4) is 0 Å². The molecule has 0 aliphatic carbocycles. The first-order valence-corrected chi connectivity index (χ1v) is 9.58. The van der Waals surface area contributed by atoms with Gasteiger partial charge in [-0.3, -0.25) is 19.7 Å². The SMILES string of the molecule is CC(C)[C@@H]1N[C@]2(C(=O)Nc3ccccc32)[C@H]2C(=O)N(c3ccccc3)C(=O)[C@H]12. The maximum Gasteiger partial charge on any atom is 0.250 e. The van der Waals surface area contributed by atoms with Gasteiger partial charge in [0.2, 0.25) is 17.7 Å². The maximum atomic E-state index is 13.6. The number of benzene rings is 2. The molecule has 3 amide bonds. The summed E-state index contributed by atoms with van der Waals surface area (Å²) in [5.41, 5.74) is 0.777. The predicted octanol–water partition coefficient (Wildman–Crippen LogP) is 2.27. The molecule has 3 aliphatic rings. The molecule has 2 saturated heterocycles. The molecule has 3 heterocycles. The van der Waals surface area contributed by atoms with Crippen molar-refractivity contribution in [2.45, 2.75) is 25.4 Å². The van der Waals surface area contributed by atoms with Gasteiger partial charge in [-0.1, -0.05) is 50.2 Å². The summed E-state index contributed by atoms with van der Waals surface area (Å²) >= 11 is 0. The number of hydrogen-bond acceptors (Lipinski definition) is 4. The molecular weight excluding hydrogens is 354 g/mol. The van der Waals surface area contributed by atoms with E-state index in [1.165, 1.54) is 4.90 Å². The van der Waals surface area contributed by atoms with Crippen molar-refractivity contribution in [2.75, 3.05) is 10.2 Å². The third kappa shape index (κ3) is 1.98. The zero-order valence-electron chi connectivity index (χ0n) is 15.7. The van der Waals surface area contributed by atoms with Crippen LogP contribution in [0.15, 0.2) is 54.6 Å². The van der Waals surface area contributed by atoms with E-state index >= 15 is 0 Å². The van der Waals surface area contributed by atoms with Crippen molar-refractivity contribution in [1.82, 2.24) is 5.32 Å². The van der Waals surface area contributed by atoms with Gasteiger partial charge < -0.3 is 5.32 Å². The molecule has 2 aromatic carbocycles. The smallest absolute Gasteiger partial charge is 0.250 e. The third-order valence-corrected chi connectivity index (χ3v) is 6.29. The fraction of sp³-hybridized carbons (Fsp3) is 0.318. The number of imide groups is 1. The van der Waals surface area contributed by atoms with E-state index in [1.807, 2.05) is 44.2 Å². The lowest BCUT2D eigenvalue weighted by Gasteiger charge is -2.30. The number of rotatable bonds is 2. The number of carbonyl (C=O) groups excluding carboxylic acids is 3. The minimum atomic E-state index is -1.22. The highest BCUT2D eigenvalue weighted by Gasteiger charge is 2.70. The van der Waals surface area contributed by atoms with Crippen LogP contribution in [0.25, 0.3) is 0 Å². The fourth-order valence-corrected chi connectivity index (χ4v) is 5.10. The fourth-order valence-electron chi connectivity index (χ4n) is 5.10. The number of anilines is 2. The Balaban J connectivity index is 1.70. The standard InChI is InChI=1S/C22H21N3O3/c1-12(2)18-16-17(20(27)25(19(16)26)13-8-4-3-5-9-13)22(24-18)14-10-6-7-11-15(14)23-21(22)28/h3-12,16-18,24H,1-2H3,(H,23,28)/t16-,17+,18-,22-/m0/s1. The van der Waals surface area contributed by atoms with Crippen molar-refractivity contribution in [3.8, 4) is 0 Å². The molecule has 142 valence electrons. The first kappa shape index (κ1) is 17.1. The summed E-state index contributed by atoms with van der Waals surface area (Å²) in [6, 6.07) is 16.1. The summed E-state index contributed by atoms with van der Waals surface area (Å²) < 4.78 is 0. The summed E-state index contributed by atoms with van der Waals surface area (Å²) in [5, 5.41) is 6.34. The van der Waals surface area contributed by atoms with Gasteiger partial charge in [-0.05, 0) is 24.1 Å². The molecule has 0 unspecified atom stereocenters. The van der Waals surface area contributed by atoms with E-state index in [0.717, 1.165) is 5.56 Å². The van der Waals surface area contributed by atoms with E-state index in [-0.39, 0.29) is 29.7 Å². The van der Waals surface area contributed by atoms with Crippen molar-refractivity contribution in [2.24, 2.45) is 17.8 Å². The van der Waals surface area contributed by atoms with Gasteiger partial charge in [-0.2, -0.15) is 0 Å². The van der Waals surface area contributed by atoms with Crippen molar-refractivity contribution in [1.29, 1.82) is 0 Å². The second-order valence-electron chi connectivity index (χ2n) is 8.07. The van der Waals surface area contributed by atoms with Gasteiger partial charge in [0.05, 0.1) is 17.5 Å². The molecule has 0 radical (unpaired) electrons. The summed E-state index contributed by atoms with van der Waals surface area (Å²) in [6.45, 7) is 4.02. The van der Waals surface area contributed by atoms with Crippen LogP contribution in [0.5, 0.6) is 0 Å². The Bertz CT molecular complexity index is 1000. The summed E-state index contributed by atoms with van der Waals surface area (Å²) in [7, 11) is 0. The molecule has 6 nitrogen and oxygen atoms in total. The van der Waals surface area contributed by atoms with Gasteiger partial charge in [-0.15, -0.1) is 0 Å². The Morgan fingerprint density at radius 2 is 1.61 bits per heavy atom. The van der Waals surface area contributed by atoms with Crippen molar-refractivity contribution >= 4 is 29.1 Å². The van der Waals surface area contributed by atoms with Crippen molar-refractivity contribution in [3.63, 3.8) is 0 Å². The molecule has 2 aromatic rings. The Kier molecular flexibility index (Phi) is 3.52. The zero-order valence-corrected chi connectivity index (χ0v) is 15.7. The minimum Gasteiger partial charge on any atom is -0.324 e. The van der Waals surface area contributed by atoms with Crippen LogP contribution in [0.2, 0.25) is 0 Å². The first-order chi connectivity index (χ1) is 13.5. The highest BCUT2D eigenvalue weighted by atomic mass is 16.2. The Morgan fingerprint density at radius 3 is 2.32 bits per heavy atom. The lowest BCUT2D eigenvalue weighted by molar-refractivity contribution is -0.130. The molecule has 6 heteroatoms. The Hall–Kier alpha value is -2.99. The van der Waals surface area contributed by atoms with Gasteiger partial charge in [0.15, 0.2) is 0 Å². The number of hydrogen-bond donors (Lipinski definition) is 2. The van der Waals surface area contributed by atoms with E-state index in [2.05, 4.69) is 10.6 Å². The van der Waals surface area contributed by atoms with E-state index in [0.29, 0.717) is 11.4 Å². The number of amides is 3. The van der Waals surface area contributed by atoms with Crippen LogP contribution in [-0.4, -0.2) is 23.8 Å². The molecular formula is C22H21N3O3. The van der Waals surface area contributed by atoms with Gasteiger partial charge >= 0.3 is 0 Å². The van der Waals surface area contributed by atoms with Gasteiger partial charge in [-0.25, -0.2) is 4.90 Å². The van der Waals surface area contributed by atoms with Crippen LogP contribution < -0.4 is 15.5 Å². The van der Waals surface area contributed by atoms with Crippen LogP contribution in [0.1, 0.15) is 19.4 Å². The lowest BCUT2D eigenvalue weighted by atomic mass is 9.76. The maximum absolute atomic E-state index is 13.6. The van der Waals surface area contributed by atoms with Crippen molar-refractivity contribution < 1.29 is 14.4 Å². The quantitative estimate of drug-likeness (QED) is 0.790. The molecule has 0 aromatic heterocycles. The Morgan fingerprint density at radius 1 is 0.929 bits per heavy atom. The van der Waals surface area contributed by atoms with Crippen LogP contribution >= 0.6 is 0 Å². The number of carbonyl (C=O) groups is 3. The van der Waals surface area contributed by atoms with Crippen molar-refractivity contribution in [3.05, 3.63) is 60.2 Å². The van der Waals surface area contributed by atoms with E-state index in [4.69, 9.17) is 0 Å². The number of nitrogens with one attached hydrogen (secondary N) is 2. The van der Waals surface area contributed by atoms with E-state index in [9.17, 15) is 14.4 Å².